The molecule has 1 heterocycles. The smallest absolute Gasteiger partial charge is 0.321 e. The quantitative estimate of drug-likeness (QED) is 0.633. The third-order valence-corrected chi connectivity index (χ3v) is 5.78. The monoisotopic (exact) mass is 412 g/mol. The van der Waals surface area contributed by atoms with Gasteiger partial charge in [-0.1, -0.05) is 6.92 Å². The maximum Gasteiger partial charge on any atom is 0.321 e. The molecule has 28 heavy (non-hydrogen) atoms. The lowest BCUT2D eigenvalue weighted by molar-refractivity contribution is -0.121. The maximum absolute atomic E-state index is 12.6. The number of carbonyl (C=O) groups is 2. The Labute approximate surface area is 165 Å². The van der Waals surface area contributed by atoms with E-state index in [0.717, 1.165) is 12.8 Å². The first-order chi connectivity index (χ1) is 13.3. The summed E-state index contributed by atoms with van der Waals surface area (Å²) in [5.41, 5.74) is 0.795. The Bertz CT molecular complexity index is 812. The van der Waals surface area contributed by atoms with Gasteiger partial charge in [-0.3, -0.25) is 9.52 Å². The number of benzene rings is 1. The fourth-order valence-electron chi connectivity index (χ4n) is 2.90. The van der Waals surface area contributed by atoms with Gasteiger partial charge in [0.15, 0.2) is 0 Å². The number of rotatable bonds is 7. The molecule has 10 heteroatoms. The molecular weight excluding hydrogens is 384 g/mol. The molecule has 1 unspecified atom stereocenters. The highest BCUT2D eigenvalue weighted by molar-refractivity contribution is 7.92. The number of urea groups is 1. The van der Waals surface area contributed by atoms with Crippen molar-refractivity contribution in [3.63, 3.8) is 0 Å². The van der Waals surface area contributed by atoms with Gasteiger partial charge in [0.25, 0.3) is 0 Å². The van der Waals surface area contributed by atoms with Crippen LogP contribution in [0.15, 0.2) is 18.2 Å². The number of anilines is 2. The zero-order valence-electron chi connectivity index (χ0n) is 16.4. The normalized spacial score (nSPS) is 17.0. The summed E-state index contributed by atoms with van der Waals surface area (Å²) in [6.45, 7) is 4.39. The third kappa shape index (κ3) is 6.01. The Balaban J connectivity index is 2.04. The number of hydrogen-bond acceptors (Lipinski definition) is 5. The number of sulfonamides is 1. The van der Waals surface area contributed by atoms with E-state index in [1.807, 2.05) is 0 Å². The van der Waals surface area contributed by atoms with Gasteiger partial charge in [-0.25, -0.2) is 13.2 Å². The number of ether oxygens (including phenoxy) is 1. The van der Waals surface area contributed by atoms with Gasteiger partial charge < -0.3 is 20.3 Å². The van der Waals surface area contributed by atoms with Crippen molar-refractivity contribution in [3.8, 4) is 5.75 Å². The minimum Gasteiger partial charge on any atom is -0.494 e. The van der Waals surface area contributed by atoms with Crippen molar-refractivity contribution in [3.05, 3.63) is 18.2 Å². The predicted molar refractivity (Wildman–Crippen MR) is 108 cm³/mol. The number of likely N-dealkylation sites (tertiary alicyclic amines) is 1. The highest BCUT2D eigenvalue weighted by Crippen LogP contribution is 2.29. The Morgan fingerprint density at radius 2 is 2.04 bits per heavy atom. The van der Waals surface area contributed by atoms with Crippen molar-refractivity contribution in [2.24, 2.45) is 0 Å². The molecule has 0 radical (unpaired) electrons. The van der Waals surface area contributed by atoms with Crippen molar-refractivity contribution in [2.45, 2.75) is 39.2 Å². The Hall–Kier alpha value is -2.49. The number of piperidine rings is 1. The van der Waals surface area contributed by atoms with E-state index in [1.54, 1.807) is 30.0 Å². The van der Waals surface area contributed by atoms with E-state index in [-0.39, 0.29) is 23.7 Å². The first kappa shape index (κ1) is 21.8. The van der Waals surface area contributed by atoms with Crippen LogP contribution in [0.25, 0.3) is 0 Å². The summed E-state index contributed by atoms with van der Waals surface area (Å²) in [7, 11) is -2.01. The molecule has 0 aromatic heterocycles. The van der Waals surface area contributed by atoms with Crippen LogP contribution in [-0.2, 0) is 14.8 Å². The molecule has 1 atom stereocenters. The van der Waals surface area contributed by atoms with Crippen molar-refractivity contribution >= 4 is 33.3 Å². The minimum atomic E-state index is -3.44. The van der Waals surface area contributed by atoms with E-state index in [4.69, 9.17) is 4.74 Å². The van der Waals surface area contributed by atoms with Crippen molar-refractivity contribution in [1.82, 2.24) is 10.2 Å². The SMILES string of the molecule is CCC(=O)NC1CCCN(C(=O)Nc2ccc(NS(=O)(=O)CC)c(OC)c2)C1. The first-order valence-electron chi connectivity index (χ1n) is 9.31. The van der Waals surface area contributed by atoms with Gasteiger partial charge in [-0.15, -0.1) is 0 Å². The van der Waals surface area contributed by atoms with E-state index in [2.05, 4.69) is 15.4 Å². The first-order valence-corrected chi connectivity index (χ1v) is 11.0. The van der Waals surface area contributed by atoms with E-state index in [1.165, 1.54) is 14.0 Å². The van der Waals surface area contributed by atoms with E-state index < -0.39 is 10.0 Å². The molecule has 0 bridgehead atoms. The van der Waals surface area contributed by atoms with E-state index in [0.29, 0.717) is 36.6 Å². The molecule has 1 fully saturated rings. The van der Waals surface area contributed by atoms with Crippen LogP contribution in [0.2, 0.25) is 0 Å². The number of nitrogens with one attached hydrogen (secondary N) is 3. The van der Waals surface area contributed by atoms with Crippen LogP contribution in [0.5, 0.6) is 5.75 Å². The Kier molecular flexibility index (Phi) is 7.50. The molecule has 1 aromatic carbocycles. The molecule has 3 N–H and O–H groups in total. The van der Waals surface area contributed by atoms with E-state index in [9.17, 15) is 18.0 Å². The second kappa shape index (κ2) is 9.63. The van der Waals surface area contributed by atoms with Gasteiger partial charge in [0.1, 0.15) is 5.75 Å². The second-order valence-electron chi connectivity index (χ2n) is 6.56. The second-order valence-corrected chi connectivity index (χ2v) is 8.57. The largest absolute Gasteiger partial charge is 0.494 e. The van der Waals surface area contributed by atoms with Gasteiger partial charge in [-0.05, 0) is 31.9 Å². The minimum absolute atomic E-state index is 0.0258. The summed E-state index contributed by atoms with van der Waals surface area (Å²) < 4.78 is 31.2. The fraction of sp³-hybridized carbons (Fsp3) is 0.556. The fourth-order valence-corrected chi connectivity index (χ4v) is 3.55. The topological polar surface area (TPSA) is 117 Å². The number of methoxy groups -OCH3 is 1. The van der Waals surface area contributed by atoms with Gasteiger partial charge >= 0.3 is 6.03 Å². The predicted octanol–water partition coefficient (Wildman–Crippen LogP) is 1.98. The Morgan fingerprint density at radius 1 is 1.29 bits per heavy atom. The Morgan fingerprint density at radius 3 is 2.68 bits per heavy atom. The number of carbonyl (C=O) groups excluding carboxylic acids is 2. The van der Waals surface area contributed by atoms with Crippen molar-refractivity contribution in [2.75, 3.05) is 36.0 Å². The lowest BCUT2D eigenvalue weighted by Gasteiger charge is -2.33. The average Bonchev–Trinajstić information content (AvgIpc) is 2.69. The summed E-state index contributed by atoms with van der Waals surface area (Å²) in [5, 5.41) is 5.72. The van der Waals surface area contributed by atoms with Crippen LogP contribution >= 0.6 is 0 Å². The molecule has 1 aliphatic rings. The maximum atomic E-state index is 12.6. The van der Waals surface area contributed by atoms with Gasteiger partial charge in [0.05, 0.1) is 18.6 Å². The van der Waals surface area contributed by atoms with Crippen LogP contribution in [0, 0.1) is 0 Å². The number of nitrogens with zero attached hydrogens (tertiary/aromatic N) is 1. The third-order valence-electron chi connectivity index (χ3n) is 4.49. The summed E-state index contributed by atoms with van der Waals surface area (Å²) in [6.07, 6.45) is 2.06. The molecule has 9 nitrogen and oxygen atoms in total. The van der Waals surface area contributed by atoms with Crippen LogP contribution < -0.4 is 20.1 Å². The number of amides is 3. The molecule has 2 rings (SSSR count). The molecule has 3 amide bonds. The van der Waals surface area contributed by atoms with E-state index >= 15 is 0 Å². The molecule has 0 saturated carbocycles. The van der Waals surface area contributed by atoms with Crippen molar-refractivity contribution < 1.29 is 22.7 Å². The average molecular weight is 413 g/mol. The molecule has 1 saturated heterocycles. The lowest BCUT2D eigenvalue weighted by atomic mass is 10.1. The molecule has 0 spiro atoms. The van der Waals surface area contributed by atoms with Crippen LogP contribution in [0.3, 0.4) is 0 Å². The highest BCUT2D eigenvalue weighted by atomic mass is 32.2. The lowest BCUT2D eigenvalue weighted by Crippen LogP contribution is -2.50. The highest BCUT2D eigenvalue weighted by Gasteiger charge is 2.24. The van der Waals surface area contributed by atoms with Crippen LogP contribution in [0.1, 0.15) is 33.1 Å². The summed E-state index contributed by atoms with van der Waals surface area (Å²) in [5.74, 6) is 0.225. The summed E-state index contributed by atoms with van der Waals surface area (Å²) >= 11 is 0. The van der Waals surface area contributed by atoms with Crippen molar-refractivity contribution in [1.29, 1.82) is 0 Å². The molecule has 156 valence electrons. The summed E-state index contributed by atoms with van der Waals surface area (Å²) in [6, 6.07) is 4.38. The summed E-state index contributed by atoms with van der Waals surface area (Å²) in [4.78, 5) is 25.8. The molecular formula is C18H28N4O5S. The van der Waals surface area contributed by atoms with Gasteiger partial charge in [0.2, 0.25) is 15.9 Å². The van der Waals surface area contributed by atoms with Crippen LogP contribution in [-0.4, -0.2) is 57.3 Å². The van der Waals surface area contributed by atoms with Gasteiger partial charge in [-0.2, -0.15) is 0 Å². The zero-order chi connectivity index (χ0) is 20.7. The molecule has 1 aromatic rings. The molecule has 1 aliphatic heterocycles. The molecule has 0 aliphatic carbocycles. The number of hydrogen-bond donors (Lipinski definition) is 3. The van der Waals surface area contributed by atoms with Crippen LogP contribution in [0.4, 0.5) is 16.2 Å². The van der Waals surface area contributed by atoms with Gasteiger partial charge in [0, 0.05) is 37.3 Å². The zero-order valence-corrected chi connectivity index (χ0v) is 17.3. The standard InChI is InChI=1S/C18H28N4O5S/c1-4-17(23)19-14-7-6-10-22(12-14)18(24)20-13-8-9-15(16(11-13)27-3)21-28(25,26)5-2/h8-9,11,14,21H,4-7,10,12H2,1-3H3,(H,19,23)(H,20,24).